The quantitative estimate of drug-likeness (QED) is 0.365. The molecular weight excluding hydrogens is 454 g/mol. The topological polar surface area (TPSA) is 161 Å². The predicted octanol–water partition coefficient (Wildman–Crippen LogP) is -0.101. The lowest BCUT2D eigenvalue weighted by Gasteiger charge is -2.43. The summed E-state index contributed by atoms with van der Waals surface area (Å²) in [5.74, 6) is 0.424. The molecule has 3 atom stereocenters. The molecule has 0 unspecified atom stereocenters. The van der Waals surface area contributed by atoms with Crippen molar-refractivity contribution >= 4 is 16.8 Å². The van der Waals surface area contributed by atoms with Gasteiger partial charge >= 0.3 is 5.69 Å². The van der Waals surface area contributed by atoms with Crippen LogP contribution in [0.5, 0.6) is 0 Å². The second-order valence-electron chi connectivity index (χ2n) is 9.17. The van der Waals surface area contributed by atoms with Gasteiger partial charge in [0.05, 0.1) is 23.6 Å². The smallest absolute Gasteiger partial charge is 0.328 e. The highest BCUT2D eigenvalue weighted by Crippen LogP contribution is 2.32. The molecule has 3 aromatic rings. The highest BCUT2D eigenvalue weighted by atomic mass is 16.3. The number of benzene rings is 1. The van der Waals surface area contributed by atoms with Crippen LogP contribution in [0.3, 0.4) is 0 Å². The fourth-order valence-electron chi connectivity index (χ4n) is 4.62. The van der Waals surface area contributed by atoms with E-state index in [1.54, 1.807) is 30.1 Å². The van der Waals surface area contributed by atoms with E-state index in [2.05, 4.69) is 15.0 Å². The van der Waals surface area contributed by atoms with Crippen LogP contribution in [-0.2, 0) is 17.8 Å². The Labute approximate surface area is 200 Å². The maximum Gasteiger partial charge on any atom is 0.328 e. The highest BCUT2D eigenvalue weighted by Gasteiger charge is 2.43. The van der Waals surface area contributed by atoms with Gasteiger partial charge in [-0.3, -0.25) is 23.9 Å². The molecule has 11 nitrogen and oxygen atoms in total. The number of carbonyl (C=O) groups excluding carboxylic acids is 1. The largest absolute Gasteiger partial charge is 0.390 e. The van der Waals surface area contributed by atoms with E-state index in [0.717, 1.165) is 4.57 Å². The summed E-state index contributed by atoms with van der Waals surface area (Å²) >= 11 is 0. The van der Waals surface area contributed by atoms with E-state index < -0.39 is 23.0 Å². The number of fused-ring (bicyclic) bond motifs is 1. The third-order valence-corrected chi connectivity index (χ3v) is 6.77. The highest BCUT2D eigenvalue weighted by molar-refractivity contribution is 5.77. The Morgan fingerprint density at radius 3 is 2.74 bits per heavy atom. The molecule has 0 bridgehead atoms. The number of aliphatic hydroxyl groups excluding tert-OH is 1. The van der Waals surface area contributed by atoms with Crippen molar-refractivity contribution in [1.82, 2.24) is 24.4 Å². The molecule has 4 rings (SSSR count). The van der Waals surface area contributed by atoms with Crippen molar-refractivity contribution in [3.8, 4) is 0 Å². The van der Waals surface area contributed by atoms with Crippen LogP contribution < -0.4 is 16.8 Å². The summed E-state index contributed by atoms with van der Waals surface area (Å²) in [5.41, 5.74) is -2.33. The molecule has 1 saturated carbocycles. The van der Waals surface area contributed by atoms with E-state index in [1.807, 2.05) is 6.07 Å². The molecule has 0 spiro atoms. The average Bonchev–Trinajstić information content (AvgIpc) is 2.82. The number of carbonyl (C=O) groups is 1. The zero-order valence-electron chi connectivity index (χ0n) is 19.4. The first-order valence-corrected chi connectivity index (χ1v) is 11.6. The molecule has 4 N–H and O–H groups in total. The zero-order chi connectivity index (χ0) is 25.2. The molecule has 2 aromatic heterocycles. The van der Waals surface area contributed by atoms with Gasteiger partial charge in [-0.2, -0.15) is 0 Å². The number of aliphatic hydroxyl groups is 2. The zero-order valence-corrected chi connectivity index (χ0v) is 19.4. The van der Waals surface area contributed by atoms with Crippen LogP contribution in [0.25, 0.3) is 10.9 Å². The van der Waals surface area contributed by atoms with Crippen LogP contribution in [0.15, 0.2) is 50.9 Å². The lowest BCUT2D eigenvalue weighted by molar-refractivity contribution is -0.143. The number of para-hydroxylation sites is 1. The Morgan fingerprint density at radius 1 is 1.23 bits per heavy atom. The molecule has 0 radical (unpaired) electrons. The molecule has 1 aromatic carbocycles. The van der Waals surface area contributed by atoms with Crippen molar-refractivity contribution in [2.45, 2.75) is 62.8 Å². The lowest BCUT2D eigenvalue weighted by atomic mass is 9.79. The number of nitrogens with zero attached hydrogens (tertiary/aromatic N) is 3. The second kappa shape index (κ2) is 9.96. The third kappa shape index (κ3) is 5.41. The molecule has 1 fully saturated rings. The van der Waals surface area contributed by atoms with Gasteiger partial charge in [-0.1, -0.05) is 12.1 Å². The number of H-pyrrole nitrogens is 2. The van der Waals surface area contributed by atoms with Gasteiger partial charge in [-0.15, -0.1) is 0 Å². The van der Waals surface area contributed by atoms with Crippen LogP contribution in [0.1, 0.15) is 37.9 Å². The van der Waals surface area contributed by atoms with Gasteiger partial charge in [0.2, 0.25) is 5.91 Å². The van der Waals surface area contributed by atoms with Crippen LogP contribution >= 0.6 is 0 Å². The van der Waals surface area contributed by atoms with Crippen molar-refractivity contribution in [3.63, 3.8) is 0 Å². The van der Waals surface area contributed by atoms with Crippen molar-refractivity contribution in [3.05, 3.63) is 73.5 Å². The normalized spacial score (nSPS) is 22.3. The number of rotatable bonds is 7. The van der Waals surface area contributed by atoms with Gasteiger partial charge in [0.15, 0.2) is 0 Å². The summed E-state index contributed by atoms with van der Waals surface area (Å²) in [6, 6.07) is 8.00. The Balaban J connectivity index is 1.31. The van der Waals surface area contributed by atoms with Gasteiger partial charge in [0, 0.05) is 38.2 Å². The summed E-state index contributed by atoms with van der Waals surface area (Å²) in [7, 11) is 1.67. The number of nitrogens with one attached hydrogen (secondary N) is 2. The van der Waals surface area contributed by atoms with Gasteiger partial charge in [0.25, 0.3) is 11.1 Å². The molecule has 35 heavy (non-hydrogen) atoms. The van der Waals surface area contributed by atoms with E-state index in [9.17, 15) is 29.4 Å². The molecule has 1 amide bonds. The van der Waals surface area contributed by atoms with Gasteiger partial charge in [-0.25, -0.2) is 9.78 Å². The predicted molar refractivity (Wildman–Crippen MR) is 128 cm³/mol. The fourth-order valence-corrected chi connectivity index (χ4v) is 4.62. The van der Waals surface area contributed by atoms with Gasteiger partial charge < -0.3 is 20.1 Å². The minimum atomic E-state index is -1.55. The SMILES string of the molecule is CN(C(=O)CCCc1nc2ccccc2c(=O)[nH]1)[C@H]1CC[C@@](O)(Cn2ccc(=O)[nH]c2=O)[C@H](O)C1. The molecule has 186 valence electrons. The average molecular weight is 484 g/mol. The Kier molecular flexibility index (Phi) is 6.99. The maximum atomic E-state index is 12.8. The number of aryl methyl sites for hydroxylation is 1. The van der Waals surface area contributed by atoms with Crippen LogP contribution in [0.2, 0.25) is 0 Å². The summed E-state index contributed by atoms with van der Waals surface area (Å²) in [6.07, 6.45) is 2.12. The first-order chi connectivity index (χ1) is 16.7. The minimum Gasteiger partial charge on any atom is -0.390 e. The molecule has 0 saturated heterocycles. The number of aromatic amines is 2. The summed E-state index contributed by atoms with van der Waals surface area (Å²) < 4.78 is 1.16. The Bertz CT molecular complexity index is 1400. The van der Waals surface area contributed by atoms with Crippen LogP contribution in [0.4, 0.5) is 0 Å². The number of hydrogen-bond acceptors (Lipinski definition) is 7. The number of amides is 1. The maximum absolute atomic E-state index is 12.8. The van der Waals surface area contributed by atoms with E-state index in [0.29, 0.717) is 36.0 Å². The monoisotopic (exact) mass is 483 g/mol. The molecule has 1 aliphatic rings. The number of aromatic nitrogens is 4. The van der Waals surface area contributed by atoms with E-state index >= 15 is 0 Å². The molecule has 1 aliphatic carbocycles. The molecule has 2 heterocycles. The van der Waals surface area contributed by atoms with Crippen molar-refractivity contribution < 1.29 is 15.0 Å². The van der Waals surface area contributed by atoms with Crippen molar-refractivity contribution in [1.29, 1.82) is 0 Å². The van der Waals surface area contributed by atoms with Crippen LogP contribution in [0, 0.1) is 0 Å². The first-order valence-electron chi connectivity index (χ1n) is 11.6. The third-order valence-electron chi connectivity index (χ3n) is 6.77. The minimum absolute atomic E-state index is 0.104. The molecular formula is C24H29N5O6. The van der Waals surface area contributed by atoms with Crippen LogP contribution in [-0.4, -0.2) is 65.3 Å². The second-order valence-corrected chi connectivity index (χ2v) is 9.17. The molecule has 0 aliphatic heterocycles. The Hall–Kier alpha value is -3.57. The van der Waals surface area contributed by atoms with Crippen molar-refractivity contribution in [2.75, 3.05) is 7.05 Å². The fraction of sp³-hybridized carbons (Fsp3) is 0.458. The van der Waals surface area contributed by atoms with Gasteiger partial charge in [-0.05, 0) is 37.8 Å². The van der Waals surface area contributed by atoms with E-state index in [-0.39, 0.29) is 43.3 Å². The Morgan fingerprint density at radius 2 is 2.00 bits per heavy atom. The summed E-state index contributed by atoms with van der Waals surface area (Å²) in [6.45, 7) is -0.162. The lowest BCUT2D eigenvalue weighted by Crippen LogP contribution is -2.55. The van der Waals surface area contributed by atoms with Gasteiger partial charge in [0.1, 0.15) is 11.4 Å². The summed E-state index contributed by atoms with van der Waals surface area (Å²) in [5, 5.41) is 22.1. The standard InChI is InChI=1S/C24H29N5O6/c1-28(21(32)8-4-7-19-25-17-6-3-2-5-16(17)22(33)26-19)15-9-11-24(35,18(30)13-15)14-29-12-10-20(31)27-23(29)34/h2-3,5-6,10,12,15,18,30,35H,4,7-9,11,13-14H2,1H3,(H,25,26,33)(H,27,31,34)/t15-,18+,24+/m0/s1. The number of hydrogen-bond donors (Lipinski definition) is 4. The van der Waals surface area contributed by atoms with E-state index in [1.165, 1.54) is 12.3 Å². The summed E-state index contributed by atoms with van der Waals surface area (Å²) in [4.78, 5) is 59.1. The first kappa shape index (κ1) is 24.6. The van der Waals surface area contributed by atoms with E-state index in [4.69, 9.17) is 0 Å². The van der Waals surface area contributed by atoms with Crippen molar-refractivity contribution in [2.24, 2.45) is 0 Å². The molecule has 11 heteroatoms.